The molecule has 35 heavy (non-hydrogen) atoms. The number of imidazole rings is 1. The summed E-state index contributed by atoms with van der Waals surface area (Å²) in [5, 5.41) is 0. The van der Waals surface area contributed by atoms with Gasteiger partial charge in [-0.05, 0) is 60.2 Å². The molecular weight excluding hydrogens is 463 g/mol. The first kappa shape index (κ1) is 24.1. The maximum atomic E-state index is 13.3. The molecule has 3 aromatic carbocycles. The molecule has 0 bridgehead atoms. The molecule has 10 heteroatoms. The van der Waals surface area contributed by atoms with Crippen molar-refractivity contribution in [3.8, 4) is 11.5 Å². The first-order valence-electron chi connectivity index (χ1n) is 10.6. The zero-order chi connectivity index (χ0) is 24.8. The Hall–Kier alpha value is -4.05. The Morgan fingerprint density at radius 3 is 2.40 bits per heavy atom. The van der Waals surface area contributed by atoms with Gasteiger partial charge in [-0.25, -0.2) is 4.98 Å². The van der Waals surface area contributed by atoms with Crippen molar-refractivity contribution in [2.45, 2.75) is 13.0 Å². The van der Waals surface area contributed by atoms with Crippen LogP contribution in [-0.2, 0) is 11.3 Å². The molecule has 1 amide bonds. The monoisotopic (exact) mass is 485 g/mol. The van der Waals surface area contributed by atoms with E-state index >= 15 is 0 Å². The van der Waals surface area contributed by atoms with E-state index in [1.165, 1.54) is 24.3 Å². The number of nitrogens with one attached hydrogen (secondary N) is 1. The number of benzene rings is 3. The van der Waals surface area contributed by atoms with Crippen molar-refractivity contribution in [3.63, 3.8) is 0 Å². The molecule has 4 aromatic rings. The number of alkyl halides is 3. The van der Waals surface area contributed by atoms with Crippen molar-refractivity contribution in [3.05, 3.63) is 84.2 Å². The third-order valence-corrected chi connectivity index (χ3v) is 5.14. The van der Waals surface area contributed by atoms with Gasteiger partial charge in [0.1, 0.15) is 18.1 Å². The normalized spacial score (nSPS) is 11.4. The highest BCUT2D eigenvalue weighted by molar-refractivity contribution is 6.07. The van der Waals surface area contributed by atoms with Crippen LogP contribution in [-0.4, -0.2) is 42.5 Å². The Morgan fingerprint density at radius 1 is 1.00 bits per heavy atom. The van der Waals surface area contributed by atoms with Crippen molar-refractivity contribution in [1.29, 1.82) is 0 Å². The summed E-state index contributed by atoms with van der Waals surface area (Å²) in [6.07, 6.45) is -3.16. The molecular formula is C25H22F3N3O4. The summed E-state index contributed by atoms with van der Waals surface area (Å²) in [5.41, 5.74) is 3.39. The smallest absolute Gasteiger partial charge is 0.489 e. The number of halogens is 3. The SMILES string of the molecule is COCCN(C(=O)c1ccc2nc[nH]c2c1)c1ccc(OCc2ccc(OC(F)(F)F)cc2)cc1. The maximum absolute atomic E-state index is 13.3. The van der Waals surface area contributed by atoms with Crippen LogP contribution in [0.5, 0.6) is 11.5 Å². The first-order valence-corrected chi connectivity index (χ1v) is 10.6. The van der Waals surface area contributed by atoms with Gasteiger partial charge in [0.05, 0.1) is 24.0 Å². The second-order valence-electron chi connectivity index (χ2n) is 7.56. The standard InChI is InChI=1S/C25H22F3N3O4/c1-33-13-12-31(24(32)18-4-11-22-23(14-18)30-16-29-22)19-5-9-20(10-6-19)34-15-17-2-7-21(8-3-17)35-25(26,27)28/h2-11,14,16H,12-13,15H2,1H3,(H,29,30). The minimum Gasteiger partial charge on any atom is -0.489 e. The third-order valence-electron chi connectivity index (χ3n) is 5.14. The molecule has 1 heterocycles. The van der Waals surface area contributed by atoms with E-state index in [-0.39, 0.29) is 18.3 Å². The van der Waals surface area contributed by atoms with Gasteiger partial charge in [0, 0.05) is 24.9 Å². The number of H-pyrrole nitrogens is 1. The van der Waals surface area contributed by atoms with Gasteiger partial charge in [-0.15, -0.1) is 13.2 Å². The van der Waals surface area contributed by atoms with Crippen LogP contribution in [0.3, 0.4) is 0 Å². The Labute approximate surface area is 199 Å². The highest BCUT2D eigenvalue weighted by Gasteiger charge is 2.30. The van der Waals surface area contributed by atoms with E-state index in [1.54, 1.807) is 60.8 Å². The van der Waals surface area contributed by atoms with Gasteiger partial charge >= 0.3 is 6.36 Å². The number of aromatic nitrogens is 2. The molecule has 0 spiro atoms. The van der Waals surface area contributed by atoms with Gasteiger partial charge < -0.3 is 24.1 Å². The fourth-order valence-electron chi connectivity index (χ4n) is 3.43. The Balaban J connectivity index is 1.43. The summed E-state index contributed by atoms with van der Waals surface area (Å²) in [5.74, 6) is 0.0638. The van der Waals surface area contributed by atoms with Crippen LogP contribution in [0.15, 0.2) is 73.1 Å². The molecule has 4 rings (SSSR count). The van der Waals surface area contributed by atoms with Crippen LogP contribution in [0.25, 0.3) is 11.0 Å². The quantitative estimate of drug-likeness (QED) is 0.347. The number of carbonyl (C=O) groups excluding carboxylic acids is 1. The highest BCUT2D eigenvalue weighted by atomic mass is 19.4. The summed E-state index contributed by atoms with van der Waals surface area (Å²) >= 11 is 0. The molecule has 0 aliphatic carbocycles. The number of carbonyl (C=O) groups is 1. The number of rotatable bonds is 9. The maximum Gasteiger partial charge on any atom is 0.573 e. The summed E-state index contributed by atoms with van der Waals surface area (Å²) in [7, 11) is 1.57. The average molecular weight is 485 g/mol. The lowest BCUT2D eigenvalue weighted by Gasteiger charge is -2.23. The van der Waals surface area contributed by atoms with E-state index in [1.807, 2.05) is 0 Å². The number of ether oxygens (including phenoxy) is 3. The number of aromatic amines is 1. The number of hydrogen-bond donors (Lipinski definition) is 1. The van der Waals surface area contributed by atoms with Crippen molar-refractivity contribution in [2.24, 2.45) is 0 Å². The number of nitrogens with zero attached hydrogens (tertiary/aromatic N) is 2. The second kappa shape index (κ2) is 10.5. The van der Waals surface area contributed by atoms with Gasteiger partial charge in [-0.1, -0.05) is 12.1 Å². The highest BCUT2D eigenvalue weighted by Crippen LogP contribution is 2.25. The summed E-state index contributed by atoms with van der Waals surface area (Å²) in [6.45, 7) is 0.857. The van der Waals surface area contributed by atoms with Crippen LogP contribution in [0, 0.1) is 0 Å². The van der Waals surface area contributed by atoms with E-state index < -0.39 is 6.36 Å². The summed E-state index contributed by atoms with van der Waals surface area (Å²) < 4.78 is 51.6. The fourth-order valence-corrected chi connectivity index (χ4v) is 3.43. The second-order valence-corrected chi connectivity index (χ2v) is 7.56. The largest absolute Gasteiger partial charge is 0.573 e. The number of amides is 1. The van der Waals surface area contributed by atoms with Gasteiger partial charge in [-0.2, -0.15) is 0 Å². The summed E-state index contributed by atoms with van der Waals surface area (Å²) in [4.78, 5) is 22.0. The average Bonchev–Trinajstić information content (AvgIpc) is 3.31. The number of hydrogen-bond acceptors (Lipinski definition) is 5. The predicted octanol–water partition coefficient (Wildman–Crippen LogP) is 5.33. The molecule has 1 N–H and O–H groups in total. The molecule has 0 radical (unpaired) electrons. The molecule has 0 aliphatic rings. The lowest BCUT2D eigenvalue weighted by Crippen LogP contribution is -2.33. The van der Waals surface area contributed by atoms with Gasteiger partial charge in [0.2, 0.25) is 0 Å². The topological polar surface area (TPSA) is 76.7 Å². The van der Waals surface area contributed by atoms with Crippen molar-refractivity contribution >= 4 is 22.6 Å². The number of methoxy groups -OCH3 is 1. The molecule has 0 aliphatic heterocycles. The van der Waals surface area contributed by atoms with E-state index in [2.05, 4.69) is 14.7 Å². The molecule has 0 saturated heterocycles. The number of anilines is 1. The van der Waals surface area contributed by atoms with Gasteiger partial charge in [0.25, 0.3) is 5.91 Å². The first-order chi connectivity index (χ1) is 16.8. The molecule has 182 valence electrons. The van der Waals surface area contributed by atoms with Crippen LogP contribution >= 0.6 is 0 Å². The summed E-state index contributed by atoms with van der Waals surface area (Å²) in [6, 6.07) is 17.7. The molecule has 7 nitrogen and oxygen atoms in total. The van der Waals surface area contributed by atoms with Gasteiger partial charge in [-0.3, -0.25) is 4.79 Å². The minimum atomic E-state index is -4.73. The molecule has 0 saturated carbocycles. The van der Waals surface area contributed by atoms with Crippen molar-refractivity contribution in [1.82, 2.24) is 9.97 Å². The minimum absolute atomic E-state index is 0.155. The van der Waals surface area contributed by atoms with E-state index in [9.17, 15) is 18.0 Å². The lowest BCUT2D eigenvalue weighted by atomic mass is 10.1. The van der Waals surface area contributed by atoms with Crippen LogP contribution in [0.1, 0.15) is 15.9 Å². The van der Waals surface area contributed by atoms with E-state index in [4.69, 9.17) is 9.47 Å². The molecule has 0 fully saturated rings. The van der Waals surface area contributed by atoms with E-state index in [0.29, 0.717) is 35.7 Å². The Kier molecular flexibility index (Phi) is 7.21. The van der Waals surface area contributed by atoms with E-state index in [0.717, 1.165) is 11.0 Å². The predicted molar refractivity (Wildman–Crippen MR) is 124 cm³/mol. The lowest BCUT2D eigenvalue weighted by molar-refractivity contribution is -0.274. The van der Waals surface area contributed by atoms with Crippen LogP contribution in [0.2, 0.25) is 0 Å². The van der Waals surface area contributed by atoms with Crippen LogP contribution < -0.4 is 14.4 Å². The Morgan fingerprint density at radius 2 is 1.71 bits per heavy atom. The molecule has 0 atom stereocenters. The zero-order valence-corrected chi connectivity index (χ0v) is 18.7. The third kappa shape index (κ3) is 6.30. The van der Waals surface area contributed by atoms with Crippen molar-refractivity contribution in [2.75, 3.05) is 25.2 Å². The van der Waals surface area contributed by atoms with Crippen molar-refractivity contribution < 1.29 is 32.2 Å². The van der Waals surface area contributed by atoms with Gasteiger partial charge in [0.15, 0.2) is 0 Å². The zero-order valence-electron chi connectivity index (χ0n) is 18.7. The molecule has 1 aromatic heterocycles. The van der Waals surface area contributed by atoms with Crippen LogP contribution in [0.4, 0.5) is 18.9 Å². The number of fused-ring (bicyclic) bond motifs is 1. The Bertz CT molecular complexity index is 1270. The molecule has 0 unspecified atom stereocenters. The fraction of sp³-hybridized carbons (Fsp3) is 0.200.